The van der Waals surface area contributed by atoms with E-state index in [1.54, 1.807) is 6.07 Å². The Kier molecular flexibility index (Phi) is 2.81. The normalized spacial score (nSPS) is 27.4. The molecule has 1 fully saturated rings. The summed E-state index contributed by atoms with van der Waals surface area (Å²) in [5, 5.41) is 0. The summed E-state index contributed by atoms with van der Waals surface area (Å²) in [7, 11) is 0. The molecule has 0 radical (unpaired) electrons. The highest BCUT2D eigenvalue weighted by Crippen LogP contribution is 2.51. The number of hydrogen-bond donors (Lipinski definition) is 1. The smallest absolute Gasteiger partial charge is 0.128 e. The topological polar surface area (TPSA) is 26.0 Å². The van der Waals surface area contributed by atoms with Crippen LogP contribution in [0.4, 0.5) is 4.39 Å². The summed E-state index contributed by atoms with van der Waals surface area (Å²) in [6.07, 6.45) is 3.02. The molecule has 0 heterocycles. The van der Waals surface area contributed by atoms with Gasteiger partial charge in [-0.05, 0) is 49.3 Å². The summed E-state index contributed by atoms with van der Waals surface area (Å²) >= 11 is 0. The Morgan fingerprint density at radius 2 is 1.82 bits per heavy atom. The second-order valence-electron chi connectivity index (χ2n) is 6.15. The predicted octanol–water partition coefficient (Wildman–Crippen LogP) is 3.81. The minimum absolute atomic E-state index is 0.0339. The maximum Gasteiger partial charge on any atom is 0.128 e. The van der Waals surface area contributed by atoms with E-state index < -0.39 is 5.54 Å². The van der Waals surface area contributed by atoms with Crippen LogP contribution in [0.5, 0.6) is 0 Å². The van der Waals surface area contributed by atoms with Gasteiger partial charge in [-0.15, -0.1) is 0 Å². The van der Waals surface area contributed by atoms with E-state index in [4.69, 9.17) is 5.73 Å². The molecule has 1 unspecified atom stereocenters. The zero-order chi connectivity index (χ0) is 12.8. The zero-order valence-corrected chi connectivity index (χ0v) is 11.2. The Morgan fingerprint density at radius 1 is 1.18 bits per heavy atom. The first kappa shape index (κ1) is 12.6. The second-order valence-corrected chi connectivity index (χ2v) is 6.15. The van der Waals surface area contributed by atoms with Crippen molar-refractivity contribution in [1.82, 2.24) is 0 Å². The quantitative estimate of drug-likeness (QED) is 0.787. The SMILES string of the molecule is Cc1cc(C)c(C2(N)CCCC2(C)C)c(F)c1. The van der Waals surface area contributed by atoms with E-state index in [0.717, 1.165) is 36.0 Å². The number of aryl methyl sites for hydroxylation is 2. The molecular formula is C15H22FN. The minimum atomic E-state index is -0.519. The molecule has 17 heavy (non-hydrogen) atoms. The van der Waals surface area contributed by atoms with Crippen LogP contribution >= 0.6 is 0 Å². The van der Waals surface area contributed by atoms with Crippen molar-refractivity contribution >= 4 is 0 Å². The van der Waals surface area contributed by atoms with Crippen molar-refractivity contribution in [2.45, 2.75) is 52.5 Å². The standard InChI is InChI=1S/C15H22FN/c1-10-8-11(2)13(12(16)9-10)15(17)7-5-6-14(15,3)4/h8-9H,5-7,17H2,1-4H3. The van der Waals surface area contributed by atoms with Gasteiger partial charge < -0.3 is 5.73 Å². The second kappa shape index (κ2) is 3.81. The molecule has 1 aliphatic carbocycles. The Morgan fingerprint density at radius 3 is 2.29 bits per heavy atom. The molecule has 2 N–H and O–H groups in total. The van der Waals surface area contributed by atoms with E-state index in [1.165, 1.54) is 0 Å². The minimum Gasteiger partial charge on any atom is -0.321 e. The van der Waals surface area contributed by atoms with Gasteiger partial charge in [-0.3, -0.25) is 0 Å². The number of benzene rings is 1. The number of halogens is 1. The molecule has 1 atom stereocenters. The van der Waals surface area contributed by atoms with Gasteiger partial charge >= 0.3 is 0 Å². The lowest BCUT2D eigenvalue weighted by atomic mass is 9.70. The Labute approximate surface area is 103 Å². The molecule has 1 saturated carbocycles. The van der Waals surface area contributed by atoms with Gasteiger partial charge in [-0.25, -0.2) is 4.39 Å². The van der Waals surface area contributed by atoms with E-state index >= 15 is 0 Å². The third kappa shape index (κ3) is 1.79. The first-order valence-electron chi connectivity index (χ1n) is 6.34. The third-order valence-corrected chi connectivity index (χ3v) is 4.46. The van der Waals surface area contributed by atoms with Crippen LogP contribution in [0.1, 0.15) is 49.8 Å². The lowest BCUT2D eigenvalue weighted by Crippen LogP contribution is -2.47. The van der Waals surface area contributed by atoms with E-state index in [9.17, 15) is 4.39 Å². The molecule has 0 aliphatic heterocycles. The van der Waals surface area contributed by atoms with Crippen molar-refractivity contribution in [3.8, 4) is 0 Å². The average molecular weight is 235 g/mol. The summed E-state index contributed by atoms with van der Waals surface area (Å²) in [6.45, 7) is 8.19. The van der Waals surface area contributed by atoms with Crippen LogP contribution in [-0.2, 0) is 5.54 Å². The summed E-state index contributed by atoms with van der Waals surface area (Å²) < 4.78 is 14.3. The highest BCUT2D eigenvalue weighted by Gasteiger charge is 2.48. The molecule has 1 nitrogen and oxygen atoms in total. The van der Waals surface area contributed by atoms with Gasteiger partial charge in [0.2, 0.25) is 0 Å². The lowest BCUT2D eigenvalue weighted by molar-refractivity contribution is 0.203. The monoisotopic (exact) mass is 235 g/mol. The van der Waals surface area contributed by atoms with E-state index in [1.807, 2.05) is 19.9 Å². The van der Waals surface area contributed by atoms with Gasteiger partial charge in [0.25, 0.3) is 0 Å². The van der Waals surface area contributed by atoms with Crippen molar-refractivity contribution in [3.05, 3.63) is 34.6 Å². The number of nitrogens with two attached hydrogens (primary N) is 1. The fourth-order valence-electron chi connectivity index (χ4n) is 3.31. The van der Waals surface area contributed by atoms with Gasteiger partial charge in [-0.2, -0.15) is 0 Å². The van der Waals surface area contributed by atoms with Gasteiger partial charge in [0.15, 0.2) is 0 Å². The molecule has 0 aromatic heterocycles. The third-order valence-electron chi connectivity index (χ3n) is 4.46. The molecule has 0 bridgehead atoms. The van der Waals surface area contributed by atoms with Gasteiger partial charge in [-0.1, -0.05) is 26.3 Å². The molecule has 0 spiro atoms. The molecular weight excluding hydrogens is 213 g/mol. The Balaban J connectivity index is 2.61. The van der Waals surface area contributed by atoms with Crippen molar-refractivity contribution < 1.29 is 4.39 Å². The van der Waals surface area contributed by atoms with Crippen LogP contribution in [0, 0.1) is 25.1 Å². The summed E-state index contributed by atoms with van der Waals surface area (Å²) in [5.41, 5.74) is 8.69. The fraction of sp³-hybridized carbons (Fsp3) is 0.600. The molecule has 94 valence electrons. The van der Waals surface area contributed by atoms with Crippen molar-refractivity contribution in [1.29, 1.82) is 0 Å². The lowest BCUT2D eigenvalue weighted by Gasteiger charge is -2.40. The summed E-state index contributed by atoms with van der Waals surface area (Å²) in [4.78, 5) is 0. The van der Waals surface area contributed by atoms with Gasteiger partial charge in [0.05, 0.1) is 0 Å². The van der Waals surface area contributed by atoms with Crippen molar-refractivity contribution in [2.75, 3.05) is 0 Å². The van der Waals surface area contributed by atoms with E-state index in [0.29, 0.717) is 0 Å². The first-order valence-corrected chi connectivity index (χ1v) is 6.34. The zero-order valence-electron chi connectivity index (χ0n) is 11.2. The Hall–Kier alpha value is -0.890. The van der Waals surface area contributed by atoms with Crippen LogP contribution in [0.25, 0.3) is 0 Å². The van der Waals surface area contributed by atoms with E-state index in [-0.39, 0.29) is 11.2 Å². The van der Waals surface area contributed by atoms with Crippen molar-refractivity contribution in [3.63, 3.8) is 0 Å². The molecule has 0 saturated heterocycles. The van der Waals surface area contributed by atoms with Crippen LogP contribution in [0.15, 0.2) is 12.1 Å². The maximum absolute atomic E-state index is 14.3. The van der Waals surface area contributed by atoms with Crippen LogP contribution in [0.3, 0.4) is 0 Å². The molecule has 2 heteroatoms. The largest absolute Gasteiger partial charge is 0.321 e. The van der Waals surface area contributed by atoms with E-state index in [2.05, 4.69) is 13.8 Å². The van der Waals surface area contributed by atoms with Gasteiger partial charge in [0, 0.05) is 11.1 Å². The maximum atomic E-state index is 14.3. The Bertz CT molecular complexity index is 427. The highest BCUT2D eigenvalue weighted by atomic mass is 19.1. The predicted molar refractivity (Wildman–Crippen MR) is 69.4 cm³/mol. The summed E-state index contributed by atoms with van der Waals surface area (Å²) in [5.74, 6) is -0.139. The van der Waals surface area contributed by atoms with Crippen molar-refractivity contribution in [2.24, 2.45) is 11.1 Å². The molecule has 1 aromatic rings. The number of rotatable bonds is 1. The van der Waals surface area contributed by atoms with Crippen LogP contribution < -0.4 is 5.73 Å². The first-order chi connectivity index (χ1) is 7.78. The average Bonchev–Trinajstić information content (AvgIpc) is 2.39. The summed E-state index contributed by atoms with van der Waals surface area (Å²) in [6, 6.07) is 3.63. The molecule has 2 rings (SSSR count). The molecule has 0 amide bonds. The number of hydrogen-bond acceptors (Lipinski definition) is 1. The van der Waals surface area contributed by atoms with Crippen LogP contribution in [-0.4, -0.2) is 0 Å². The molecule has 1 aliphatic rings. The molecule has 1 aromatic carbocycles. The fourth-order valence-corrected chi connectivity index (χ4v) is 3.31. The van der Waals surface area contributed by atoms with Crippen LogP contribution in [0.2, 0.25) is 0 Å². The highest BCUT2D eigenvalue weighted by molar-refractivity contribution is 5.39. The van der Waals surface area contributed by atoms with Gasteiger partial charge in [0.1, 0.15) is 5.82 Å².